The van der Waals surface area contributed by atoms with E-state index in [2.05, 4.69) is 5.43 Å². The van der Waals surface area contributed by atoms with Crippen molar-refractivity contribution in [3.63, 3.8) is 0 Å². The summed E-state index contributed by atoms with van der Waals surface area (Å²) in [6.45, 7) is 3.96. The molecule has 0 saturated carbocycles. The van der Waals surface area contributed by atoms with Crippen LogP contribution in [-0.2, 0) is 4.79 Å². The number of rotatable bonds is 3. The zero-order chi connectivity index (χ0) is 13.3. The quantitative estimate of drug-likeness (QED) is 0.509. The first kappa shape index (κ1) is 12.9. The molecule has 0 aliphatic rings. The van der Waals surface area contributed by atoms with Crippen LogP contribution in [0.4, 0.5) is 0 Å². The van der Waals surface area contributed by atoms with E-state index >= 15 is 0 Å². The van der Waals surface area contributed by atoms with Crippen molar-refractivity contribution in [1.82, 2.24) is 9.99 Å². The number of hydrogen-bond acceptors (Lipinski definition) is 2. The van der Waals surface area contributed by atoms with Crippen LogP contribution in [0.25, 0.3) is 10.9 Å². The molecule has 18 heavy (non-hydrogen) atoms. The van der Waals surface area contributed by atoms with Crippen molar-refractivity contribution < 1.29 is 4.79 Å². The molecule has 0 radical (unpaired) electrons. The number of aromatic nitrogens is 1. The van der Waals surface area contributed by atoms with Gasteiger partial charge in [0.25, 0.3) is 5.91 Å². The number of fused-ring (bicyclic) bond motifs is 1. The lowest BCUT2D eigenvalue weighted by Crippen LogP contribution is -2.39. The molecule has 2 rings (SSSR count). The fourth-order valence-corrected chi connectivity index (χ4v) is 2.37. The van der Waals surface area contributed by atoms with E-state index in [0.29, 0.717) is 5.02 Å². The lowest BCUT2D eigenvalue weighted by molar-refractivity contribution is -0.125. The lowest BCUT2D eigenvalue weighted by Gasteiger charge is -2.22. The van der Waals surface area contributed by atoms with Crippen LogP contribution in [0.3, 0.4) is 0 Å². The Morgan fingerprint density at radius 1 is 1.39 bits per heavy atom. The van der Waals surface area contributed by atoms with Gasteiger partial charge in [0, 0.05) is 11.2 Å². The Kier molecular flexibility index (Phi) is 3.59. The molecule has 1 atom stereocenters. The van der Waals surface area contributed by atoms with Gasteiger partial charge in [-0.15, -0.1) is 0 Å². The van der Waals surface area contributed by atoms with E-state index in [1.165, 1.54) is 0 Å². The van der Waals surface area contributed by atoms with Crippen LogP contribution >= 0.6 is 11.6 Å². The highest BCUT2D eigenvalue weighted by atomic mass is 35.5. The number of carbonyl (C=O) groups excluding carboxylic acids is 1. The van der Waals surface area contributed by atoms with E-state index in [1.807, 2.05) is 48.9 Å². The molecule has 1 unspecified atom stereocenters. The zero-order valence-electron chi connectivity index (χ0n) is 10.4. The van der Waals surface area contributed by atoms with E-state index in [1.54, 1.807) is 0 Å². The second kappa shape index (κ2) is 5.00. The van der Waals surface area contributed by atoms with Gasteiger partial charge in [0.2, 0.25) is 0 Å². The van der Waals surface area contributed by atoms with Gasteiger partial charge >= 0.3 is 0 Å². The molecular weight excluding hydrogens is 250 g/mol. The molecule has 1 amide bonds. The summed E-state index contributed by atoms with van der Waals surface area (Å²) in [5.74, 6) is 5.17. The third-order valence-corrected chi connectivity index (χ3v) is 3.26. The van der Waals surface area contributed by atoms with Gasteiger partial charge in [-0.3, -0.25) is 10.2 Å². The minimum atomic E-state index is -0.342. The van der Waals surface area contributed by atoms with Crippen LogP contribution in [0.2, 0.25) is 5.02 Å². The summed E-state index contributed by atoms with van der Waals surface area (Å²) in [5.41, 5.74) is 3.16. The van der Waals surface area contributed by atoms with Crippen molar-refractivity contribution in [2.75, 3.05) is 0 Å². The van der Waals surface area contributed by atoms with Crippen molar-refractivity contribution in [3.8, 4) is 0 Å². The minimum Gasteiger partial charge on any atom is -0.335 e. The molecule has 0 aliphatic heterocycles. The normalized spacial score (nSPS) is 12.9. The van der Waals surface area contributed by atoms with Crippen LogP contribution < -0.4 is 11.3 Å². The van der Waals surface area contributed by atoms with Crippen molar-refractivity contribution in [1.29, 1.82) is 0 Å². The number of hydrogen-bond donors (Lipinski definition) is 2. The Morgan fingerprint density at radius 2 is 2.11 bits per heavy atom. The SMILES string of the molecule is CC(C)C(C(=O)NN)n1ccc2ccc(Cl)cc21. The van der Waals surface area contributed by atoms with Crippen molar-refractivity contribution in [2.24, 2.45) is 11.8 Å². The molecule has 1 aromatic carbocycles. The summed E-state index contributed by atoms with van der Waals surface area (Å²) in [4.78, 5) is 11.9. The van der Waals surface area contributed by atoms with E-state index in [-0.39, 0.29) is 17.9 Å². The van der Waals surface area contributed by atoms with Crippen LogP contribution in [0, 0.1) is 5.92 Å². The van der Waals surface area contributed by atoms with E-state index in [0.717, 1.165) is 10.9 Å². The first-order chi connectivity index (χ1) is 8.54. The predicted octanol–water partition coefficient (Wildman–Crippen LogP) is 2.48. The number of nitrogens with two attached hydrogens (primary N) is 1. The second-order valence-corrected chi connectivity index (χ2v) is 5.06. The van der Waals surface area contributed by atoms with Gasteiger partial charge in [-0.25, -0.2) is 5.84 Å². The molecule has 2 aromatic rings. The number of hydrazine groups is 1. The molecule has 4 nitrogen and oxygen atoms in total. The smallest absolute Gasteiger partial charge is 0.257 e. The first-order valence-corrected chi connectivity index (χ1v) is 6.19. The largest absolute Gasteiger partial charge is 0.335 e. The zero-order valence-corrected chi connectivity index (χ0v) is 11.1. The average molecular weight is 266 g/mol. The maximum atomic E-state index is 11.9. The molecular formula is C13H16ClN3O. The van der Waals surface area contributed by atoms with Gasteiger partial charge in [0.15, 0.2) is 0 Å². The van der Waals surface area contributed by atoms with Crippen molar-refractivity contribution in [2.45, 2.75) is 19.9 Å². The van der Waals surface area contributed by atoms with Gasteiger partial charge in [-0.1, -0.05) is 31.5 Å². The number of carbonyl (C=O) groups is 1. The summed E-state index contributed by atoms with van der Waals surface area (Å²) in [7, 11) is 0. The van der Waals surface area contributed by atoms with Gasteiger partial charge in [0.05, 0.1) is 5.52 Å². The molecule has 0 saturated heterocycles. The van der Waals surface area contributed by atoms with Gasteiger partial charge in [-0.05, 0) is 29.5 Å². The Hall–Kier alpha value is -1.52. The first-order valence-electron chi connectivity index (χ1n) is 5.81. The maximum Gasteiger partial charge on any atom is 0.257 e. The third kappa shape index (κ3) is 2.21. The minimum absolute atomic E-state index is 0.128. The highest BCUT2D eigenvalue weighted by Gasteiger charge is 2.24. The van der Waals surface area contributed by atoms with Crippen LogP contribution in [0.1, 0.15) is 19.9 Å². The number of halogens is 1. The highest BCUT2D eigenvalue weighted by Crippen LogP contribution is 2.27. The van der Waals surface area contributed by atoms with Gasteiger partial charge < -0.3 is 4.57 Å². The Balaban J connectivity index is 2.57. The van der Waals surface area contributed by atoms with Crippen LogP contribution in [-0.4, -0.2) is 10.5 Å². The van der Waals surface area contributed by atoms with E-state index in [4.69, 9.17) is 17.4 Å². The monoisotopic (exact) mass is 265 g/mol. The summed E-state index contributed by atoms with van der Waals surface area (Å²) >= 11 is 6.01. The molecule has 1 aromatic heterocycles. The summed E-state index contributed by atoms with van der Waals surface area (Å²) < 4.78 is 1.91. The van der Waals surface area contributed by atoms with Gasteiger partial charge in [-0.2, -0.15) is 0 Å². The molecule has 0 bridgehead atoms. The number of benzene rings is 1. The second-order valence-electron chi connectivity index (χ2n) is 4.62. The Bertz CT molecular complexity index is 577. The standard InChI is InChI=1S/C13H16ClN3O/c1-8(2)12(13(18)16-15)17-6-5-9-3-4-10(14)7-11(9)17/h3-8,12H,15H2,1-2H3,(H,16,18). The van der Waals surface area contributed by atoms with Crippen molar-refractivity contribution >= 4 is 28.4 Å². The van der Waals surface area contributed by atoms with Gasteiger partial charge in [0.1, 0.15) is 6.04 Å². The molecule has 5 heteroatoms. The molecule has 3 N–H and O–H groups in total. The predicted molar refractivity (Wildman–Crippen MR) is 73.2 cm³/mol. The van der Waals surface area contributed by atoms with Crippen LogP contribution in [0.15, 0.2) is 30.5 Å². The lowest BCUT2D eigenvalue weighted by atomic mass is 10.0. The van der Waals surface area contributed by atoms with Crippen LogP contribution in [0.5, 0.6) is 0 Å². The number of amides is 1. The van der Waals surface area contributed by atoms with Crippen molar-refractivity contribution in [3.05, 3.63) is 35.5 Å². The molecule has 0 fully saturated rings. The molecule has 0 spiro atoms. The fourth-order valence-electron chi connectivity index (χ4n) is 2.20. The summed E-state index contributed by atoms with van der Waals surface area (Å²) in [6, 6.07) is 7.25. The van der Waals surface area contributed by atoms with E-state index < -0.39 is 0 Å². The van der Waals surface area contributed by atoms with E-state index in [9.17, 15) is 4.79 Å². The highest BCUT2D eigenvalue weighted by molar-refractivity contribution is 6.31. The Labute approximate surface area is 111 Å². The maximum absolute atomic E-state index is 11.9. The average Bonchev–Trinajstić information content (AvgIpc) is 2.72. The number of nitrogens with one attached hydrogen (secondary N) is 1. The Morgan fingerprint density at radius 3 is 2.72 bits per heavy atom. The third-order valence-electron chi connectivity index (χ3n) is 3.03. The summed E-state index contributed by atoms with van der Waals surface area (Å²) in [6.07, 6.45) is 1.89. The fraction of sp³-hybridized carbons (Fsp3) is 0.308. The summed E-state index contributed by atoms with van der Waals surface area (Å²) in [5, 5.41) is 1.70. The molecule has 96 valence electrons. The topological polar surface area (TPSA) is 60.1 Å². The molecule has 0 aliphatic carbocycles. The molecule has 1 heterocycles. The number of nitrogens with zero attached hydrogens (tertiary/aromatic N) is 1.